The maximum Gasteiger partial charge on any atom is 0.257 e. The zero-order valence-electron chi connectivity index (χ0n) is 12.7. The number of benzene rings is 2. The highest BCUT2D eigenvalue weighted by molar-refractivity contribution is 7.89. The van der Waals surface area contributed by atoms with Crippen LogP contribution in [-0.2, 0) is 10.0 Å². The Hall–Kier alpha value is -1.31. The third-order valence-electron chi connectivity index (χ3n) is 3.16. The number of hydrogen-bond acceptors (Lipinski definition) is 3. The zero-order chi connectivity index (χ0) is 18.1. The molecule has 2 aromatic carbocycles. The first kappa shape index (κ1) is 19.0. The van der Waals surface area contributed by atoms with Gasteiger partial charge in [0, 0.05) is 14.1 Å². The average molecular weight is 408 g/mol. The van der Waals surface area contributed by atoms with Crippen LogP contribution in [0.25, 0.3) is 0 Å². The largest absolute Gasteiger partial charge is 0.321 e. The molecule has 0 saturated carbocycles. The van der Waals surface area contributed by atoms with Gasteiger partial charge in [-0.3, -0.25) is 4.79 Å². The van der Waals surface area contributed by atoms with E-state index >= 15 is 0 Å². The van der Waals surface area contributed by atoms with E-state index in [-0.39, 0.29) is 25.5 Å². The van der Waals surface area contributed by atoms with Crippen LogP contribution in [0.4, 0.5) is 5.69 Å². The minimum Gasteiger partial charge on any atom is -0.321 e. The van der Waals surface area contributed by atoms with Crippen molar-refractivity contribution in [1.29, 1.82) is 0 Å². The first-order chi connectivity index (χ1) is 11.1. The standard InChI is InChI=1S/C15H13Cl3N2O3S/c1-20(2)24(22,23)9-6-7-11(16)10(8-9)15(21)19-13-5-3-4-12(17)14(13)18/h3-8H,1-2H3,(H,19,21). The summed E-state index contributed by atoms with van der Waals surface area (Å²) < 4.78 is 25.4. The van der Waals surface area contributed by atoms with Gasteiger partial charge in [0.15, 0.2) is 0 Å². The number of carbonyl (C=O) groups is 1. The molecule has 0 aromatic heterocycles. The van der Waals surface area contributed by atoms with Crippen LogP contribution < -0.4 is 5.32 Å². The number of anilines is 1. The van der Waals surface area contributed by atoms with Crippen molar-refractivity contribution < 1.29 is 13.2 Å². The van der Waals surface area contributed by atoms with Crippen LogP contribution in [0.15, 0.2) is 41.3 Å². The summed E-state index contributed by atoms with van der Waals surface area (Å²) in [6.45, 7) is 0. The van der Waals surface area contributed by atoms with Gasteiger partial charge >= 0.3 is 0 Å². The summed E-state index contributed by atoms with van der Waals surface area (Å²) in [4.78, 5) is 12.4. The normalized spacial score (nSPS) is 11.6. The predicted molar refractivity (Wildman–Crippen MR) is 96.7 cm³/mol. The number of nitrogens with zero attached hydrogens (tertiary/aromatic N) is 1. The Labute approximate surface area is 155 Å². The first-order valence-electron chi connectivity index (χ1n) is 6.62. The third-order valence-corrected chi connectivity index (χ3v) is 6.12. The van der Waals surface area contributed by atoms with E-state index in [4.69, 9.17) is 34.8 Å². The number of sulfonamides is 1. The molecule has 1 N–H and O–H groups in total. The van der Waals surface area contributed by atoms with Crippen molar-refractivity contribution in [3.63, 3.8) is 0 Å². The van der Waals surface area contributed by atoms with E-state index < -0.39 is 15.9 Å². The minimum atomic E-state index is -3.69. The van der Waals surface area contributed by atoms with Gasteiger partial charge < -0.3 is 5.32 Å². The molecule has 5 nitrogen and oxygen atoms in total. The van der Waals surface area contributed by atoms with E-state index in [2.05, 4.69) is 5.32 Å². The summed E-state index contributed by atoms with van der Waals surface area (Å²) >= 11 is 18.0. The first-order valence-corrected chi connectivity index (χ1v) is 9.19. The Kier molecular flexibility index (Phi) is 5.78. The van der Waals surface area contributed by atoms with E-state index in [9.17, 15) is 13.2 Å². The van der Waals surface area contributed by atoms with Crippen LogP contribution in [0.5, 0.6) is 0 Å². The molecule has 0 aliphatic rings. The molecule has 128 valence electrons. The molecule has 0 aliphatic carbocycles. The highest BCUT2D eigenvalue weighted by atomic mass is 35.5. The fraction of sp³-hybridized carbons (Fsp3) is 0.133. The SMILES string of the molecule is CN(C)S(=O)(=O)c1ccc(Cl)c(C(=O)Nc2cccc(Cl)c2Cl)c1. The summed E-state index contributed by atoms with van der Waals surface area (Å²) in [5.74, 6) is -0.597. The summed E-state index contributed by atoms with van der Waals surface area (Å²) in [6, 6.07) is 8.67. The molecule has 1 amide bonds. The topological polar surface area (TPSA) is 66.5 Å². The Bertz CT molecular complexity index is 899. The van der Waals surface area contributed by atoms with Gasteiger partial charge in [0.2, 0.25) is 10.0 Å². The molecule has 2 aromatic rings. The Balaban J connectivity index is 2.41. The molecule has 0 saturated heterocycles. The molecule has 0 unspecified atom stereocenters. The van der Waals surface area contributed by atoms with Gasteiger partial charge in [-0.05, 0) is 30.3 Å². The van der Waals surface area contributed by atoms with Crippen LogP contribution >= 0.6 is 34.8 Å². The molecule has 0 aliphatic heterocycles. The lowest BCUT2D eigenvalue weighted by atomic mass is 10.2. The smallest absolute Gasteiger partial charge is 0.257 e. The van der Waals surface area contributed by atoms with E-state index in [1.807, 2.05) is 0 Å². The lowest BCUT2D eigenvalue weighted by Gasteiger charge is -2.13. The van der Waals surface area contributed by atoms with Gasteiger partial charge in [-0.2, -0.15) is 0 Å². The summed E-state index contributed by atoms with van der Waals surface area (Å²) in [5.41, 5.74) is 0.307. The fourth-order valence-corrected chi connectivity index (χ4v) is 3.32. The van der Waals surface area contributed by atoms with Gasteiger partial charge in [-0.25, -0.2) is 12.7 Å². The van der Waals surface area contributed by atoms with Crippen LogP contribution in [0.3, 0.4) is 0 Å². The molecule has 9 heteroatoms. The van der Waals surface area contributed by atoms with Crippen molar-refractivity contribution in [3.05, 3.63) is 57.0 Å². The van der Waals surface area contributed by atoms with Gasteiger partial charge in [0.1, 0.15) is 0 Å². The Morgan fingerprint density at radius 3 is 2.33 bits per heavy atom. The van der Waals surface area contributed by atoms with Crippen molar-refractivity contribution in [2.45, 2.75) is 4.90 Å². The molecule has 0 fully saturated rings. The second-order valence-corrected chi connectivity index (χ2v) is 8.33. The second kappa shape index (κ2) is 7.29. The highest BCUT2D eigenvalue weighted by Gasteiger charge is 2.21. The summed E-state index contributed by atoms with van der Waals surface area (Å²) in [6.07, 6.45) is 0. The summed E-state index contributed by atoms with van der Waals surface area (Å²) in [7, 11) is -0.893. The molecule has 24 heavy (non-hydrogen) atoms. The number of halogens is 3. The van der Waals surface area contributed by atoms with Gasteiger partial charge in [-0.1, -0.05) is 40.9 Å². The predicted octanol–water partition coefficient (Wildman–Crippen LogP) is 4.15. The quantitative estimate of drug-likeness (QED) is 0.828. The van der Waals surface area contributed by atoms with Crippen LogP contribution in [0.1, 0.15) is 10.4 Å². The van der Waals surface area contributed by atoms with E-state index in [1.54, 1.807) is 18.2 Å². The number of hydrogen-bond donors (Lipinski definition) is 1. The maximum atomic E-state index is 12.4. The van der Waals surface area contributed by atoms with E-state index in [1.165, 1.54) is 32.3 Å². The van der Waals surface area contributed by atoms with Crippen molar-refractivity contribution in [2.75, 3.05) is 19.4 Å². The van der Waals surface area contributed by atoms with Gasteiger partial charge in [0.25, 0.3) is 5.91 Å². The molecule has 0 heterocycles. The number of rotatable bonds is 4. The molecule has 2 rings (SSSR count). The number of carbonyl (C=O) groups excluding carboxylic acids is 1. The molecule has 0 spiro atoms. The summed E-state index contributed by atoms with van der Waals surface area (Å²) in [5, 5.41) is 3.15. The van der Waals surface area contributed by atoms with Crippen molar-refractivity contribution >= 4 is 56.4 Å². The molecular formula is C15H13Cl3N2O3S. The number of nitrogens with one attached hydrogen (secondary N) is 1. The minimum absolute atomic E-state index is 0.00985. The van der Waals surface area contributed by atoms with E-state index in [0.717, 1.165) is 4.31 Å². The Morgan fingerprint density at radius 1 is 1.04 bits per heavy atom. The van der Waals surface area contributed by atoms with Crippen LogP contribution in [0.2, 0.25) is 15.1 Å². The number of amides is 1. The van der Waals surface area contributed by atoms with E-state index in [0.29, 0.717) is 5.69 Å². The van der Waals surface area contributed by atoms with Crippen molar-refractivity contribution in [1.82, 2.24) is 4.31 Å². The van der Waals surface area contributed by atoms with Gasteiger partial charge in [-0.15, -0.1) is 0 Å². The van der Waals surface area contributed by atoms with Crippen molar-refractivity contribution in [3.8, 4) is 0 Å². The average Bonchev–Trinajstić information content (AvgIpc) is 2.51. The maximum absolute atomic E-state index is 12.4. The van der Waals surface area contributed by atoms with Crippen molar-refractivity contribution in [2.24, 2.45) is 0 Å². The molecular weight excluding hydrogens is 395 g/mol. The molecule has 0 radical (unpaired) electrons. The zero-order valence-corrected chi connectivity index (χ0v) is 15.8. The van der Waals surface area contributed by atoms with Crippen LogP contribution in [0, 0.1) is 0 Å². The third kappa shape index (κ3) is 3.84. The molecule has 0 bridgehead atoms. The lowest BCUT2D eigenvalue weighted by Crippen LogP contribution is -2.23. The monoisotopic (exact) mass is 406 g/mol. The second-order valence-electron chi connectivity index (χ2n) is 4.98. The lowest BCUT2D eigenvalue weighted by molar-refractivity contribution is 0.102. The highest BCUT2D eigenvalue weighted by Crippen LogP contribution is 2.30. The van der Waals surface area contributed by atoms with Crippen LogP contribution in [-0.4, -0.2) is 32.7 Å². The van der Waals surface area contributed by atoms with Gasteiger partial charge in [0.05, 0.1) is 31.2 Å². The fourth-order valence-electron chi connectivity index (χ4n) is 1.84. The molecule has 0 atom stereocenters. The Morgan fingerprint density at radius 2 is 1.71 bits per heavy atom.